The van der Waals surface area contributed by atoms with Gasteiger partial charge in [0.05, 0.1) is 10.0 Å². The second-order valence-corrected chi connectivity index (χ2v) is 5.33. The molecule has 0 saturated carbocycles. The molecule has 0 fully saturated rings. The van der Waals surface area contributed by atoms with Gasteiger partial charge in [-0.15, -0.1) is 0 Å². The van der Waals surface area contributed by atoms with Gasteiger partial charge in [-0.2, -0.15) is 0 Å². The Kier molecular flexibility index (Phi) is 3.96. The highest BCUT2D eigenvalue weighted by atomic mass is 35.5. The lowest BCUT2D eigenvalue weighted by Crippen LogP contribution is -2.05. The molecule has 0 N–H and O–H groups in total. The van der Waals surface area contributed by atoms with Gasteiger partial charge in [0.1, 0.15) is 5.82 Å². The third-order valence-electron chi connectivity index (χ3n) is 2.96. The number of hydrogen-bond acceptors (Lipinski definition) is 3. The first kappa shape index (κ1) is 14.8. The smallest absolute Gasteiger partial charge is 0.363 e. The molecule has 0 bridgehead atoms. The van der Waals surface area contributed by atoms with Gasteiger partial charge >= 0.3 is 5.97 Å². The highest BCUT2D eigenvalue weighted by Gasteiger charge is 2.24. The number of rotatable bonds is 2. The van der Waals surface area contributed by atoms with Crippen LogP contribution in [-0.4, -0.2) is 11.9 Å². The van der Waals surface area contributed by atoms with Crippen molar-refractivity contribution in [2.24, 2.45) is 4.99 Å². The molecule has 3 rings (SSSR count). The first-order chi connectivity index (χ1) is 10.5. The van der Waals surface area contributed by atoms with Crippen LogP contribution in [0.5, 0.6) is 0 Å². The number of ether oxygens (including phenoxy) is 1. The molecule has 0 radical (unpaired) electrons. The molecule has 0 saturated heterocycles. The quantitative estimate of drug-likeness (QED) is 0.599. The zero-order chi connectivity index (χ0) is 15.7. The van der Waals surface area contributed by atoms with Crippen molar-refractivity contribution in [3.8, 4) is 0 Å². The molecule has 0 aromatic heterocycles. The predicted molar refractivity (Wildman–Crippen MR) is 83.5 cm³/mol. The molecule has 2 aromatic carbocycles. The number of cyclic esters (lactones) is 1. The van der Waals surface area contributed by atoms with Crippen molar-refractivity contribution in [3.05, 3.63) is 75.2 Å². The molecule has 0 unspecified atom stereocenters. The van der Waals surface area contributed by atoms with Gasteiger partial charge in [0, 0.05) is 5.56 Å². The third kappa shape index (κ3) is 3.03. The van der Waals surface area contributed by atoms with Crippen LogP contribution < -0.4 is 0 Å². The van der Waals surface area contributed by atoms with Crippen molar-refractivity contribution in [2.75, 3.05) is 0 Å². The van der Waals surface area contributed by atoms with E-state index in [1.54, 1.807) is 30.3 Å². The fourth-order valence-electron chi connectivity index (χ4n) is 1.88. The van der Waals surface area contributed by atoms with Gasteiger partial charge in [0.15, 0.2) is 5.70 Å². The topological polar surface area (TPSA) is 38.7 Å². The van der Waals surface area contributed by atoms with Gasteiger partial charge in [0.2, 0.25) is 5.90 Å². The van der Waals surface area contributed by atoms with Crippen LogP contribution in [0.3, 0.4) is 0 Å². The minimum Gasteiger partial charge on any atom is -0.402 e. The molecule has 1 aliphatic rings. The van der Waals surface area contributed by atoms with E-state index >= 15 is 0 Å². The van der Waals surface area contributed by atoms with E-state index in [1.165, 1.54) is 18.2 Å². The lowest BCUT2D eigenvalue weighted by atomic mass is 10.2. The number of nitrogens with zero attached hydrogens (tertiary/aromatic N) is 1. The third-order valence-corrected chi connectivity index (χ3v) is 3.70. The fraction of sp³-hybridized carbons (Fsp3) is 0. The van der Waals surface area contributed by atoms with Crippen LogP contribution in [-0.2, 0) is 9.53 Å². The molecule has 22 heavy (non-hydrogen) atoms. The maximum Gasteiger partial charge on any atom is 0.363 e. The van der Waals surface area contributed by atoms with Gasteiger partial charge in [0.25, 0.3) is 0 Å². The van der Waals surface area contributed by atoms with Crippen LogP contribution >= 0.6 is 23.2 Å². The molecule has 0 spiro atoms. The highest BCUT2D eigenvalue weighted by Crippen LogP contribution is 2.25. The molecular weight excluding hydrogens is 328 g/mol. The summed E-state index contributed by atoms with van der Waals surface area (Å²) in [6, 6.07) is 10.5. The Morgan fingerprint density at radius 1 is 1.05 bits per heavy atom. The normalized spacial score (nSPS) is 15.9. The standard InChI is InChI=1S/C16H8Cl2FNO2/c17-12-6-3-10(8-13(12)18)15-20-14(16(21)22-15)7-9-1-4-11(19)5-2-9/h1-8H/b14-7-. The summed E-state index contributed by atoms with van der Waals surface area (Å²) in [6.07, 6.45) is 1.52. The molecule has 2 aromatic rings. The summed E-state index contributed by atoms with van der Waals surface area (Å²) in [5.74, 6) is -0.779. The number of esters is 1. The number of carbonyl (C=O) groups excluding carboxylic acids is 1. The summed E-state index contributed by atoms with van der Waals surface area (Å²) in [7, 11) is 0. The Hall–Kier alpha value is -2.17. The fourth-order valence-corrected chi connectivity index (χ4v) is 2.18. The van der Waals surface area contributed by atoms with E-state index in [1.807, 2.05) is 0 Å². The van der Waals surface area contributed by atoms with Crippen molar-refractivity contribution in [3.63, 3.8) is 0 Å². The minimum atomic E-state index is -0.578. The molecule has 6 heteroatoms. The predicted octanol–water partition coefficient (Wildman–Crippen LogP) is 4.48. The van der Waals surface area contributed by atoms with E-state index in [0.29, 0.717) is 21.2 Å². The maximum atomic E-state index is 12.9. The van der Waals surface area contributed by atoms with Crippen molar-refractivity contribution in [2.45, 2.75) is 0 Å². The zero-order valence-corrected chi connectivity index (χ0v) is 12.5. The van der Waals surface area contributed by atoms with Gasteiger partial charge in [-0.3, -0.25) is 0 Å². The average molecular weight is 336 g/mol. The summed E-state index contributed by atoms with van der Waals surface area (Å²) >= 11 is 11.8. The molecule has 0 aliphatic carbocycles. The van der Waals surface area contributed by atoms with Gasteiger partial charge in [-0.25, -0.2) is 14.2 Å². The van der Waals surface area contributed by atoms with E-state index in [2.05, 4.69) is 4.99 Å². The Morgan fingerprint density at radius 3 is 2.45 bits per heavy atom. The minimum absolute atomic E-state index is 0.132. The summed E-state index contributed by atoms with van der Waals surface area (Å²) in [4.78, 5) is 16.0. The second kappa shape index (κ2) is 5.91. The van der Waals surface area contributed by atoms with Crippen LogP contribution in [0.4, 0.5) is 4.39 Å². The first-order valence-corrected chi connectivity index (χ1v) is 7.02. The van der Waals surface area contributed by atoms with E-state index in [4.69, 9.17) is 27.9 Å². The van der Waals surface area contributed by atoms with Crippen molar-refractivity contribution >= 4 is 41.1 Å². The molecule has 110 valence electrons. The lowest BCUT2D eigenvalue weighted by molar-refractivity contribution is -0.129. The van der Waals surface area contributed by atoms with E-state index < -0.39 is 5.97 Å². The summed E-state index contributed by atoms with van der Waals surface area (Å²) < 4.78 is 18.0. The molecule has 3 nitrogen and oxygen atoms in total. The molecule has 1 aliphatic heterocycles. The Morgan fingerprint density at radius 2 is 1.77 bits per heavy atom. The summed E-state index contributed by atoms with van der Waals surface area (Å²) in [5.41, 5.74) is 1.32. The van der Waals surface area contributed by atoms with Gasteiger partial charge in [-0.1, -0.05) is 35.3 Å². The van der Waals surface area contributed by atoms with Crippen LogP contribution in [0, 0.1) is 5.82 Å². The van der Waals surface area contributed by atoms with E-state index in [0.717, 1.165) is 0 Å². The Balaban J connectivity index is 1.94. The molecule has 0 amide bonds. The number of halogens is 3. The van der Waals surface area contributed by atoms with Gasteiger partial charge in [-0.05, 0) is 42.0 Å². The average Bonchev–Trinajstić information content (AvgIpc) is 2.85. The SMILES string of the molecule is O=C1OC(c2ccc(Cl)c(Cl)c2)=N/C1=C\c1ccc(F)cc1. The maximum absolute atomic E-state index is 12.9. The number of hydrogen-bond donors (Lipinski definition) is 0. The summed E-state index contributed by atoms with van der Waals surface area (Å²) in [6.45, 7) is 0. The number of carbonyl (C=O) groups is 1. The number of aliphatic imine (C=N–C) groups is 1. The summed E-state index contributed by atoms with van der Waals surface area (Å²) in [5, 5.41) is 0.742. The van der Waals surface area contributed by atoms with Crippen LogP contribution in [0.15, 0.2) is 53.2 Å². The first-order valence-electron chi connectivity index (χ1n) is 6.26. The van der Waals surface area contributed by atoms with E-state index in [-0.39, 0.29) is 17.4 Å². The second-order valence-electron chi connectivity index (χ2n) is 4.52. The number of benzene rings is 2. The molecular formula is C16H8Cl2FNO2. The van der Waals surface area contributed by atoms with Crippen LogP contribution in [0.1, 0.15) is 11.1 Å². The lowest BCUT2D eigenvalue weighted by Gasteiger charge is -2.01. The molecule has 0 atom stereocenters. The van der Waals surface area contributed by atoms with E-state index in [9.17, 15) is 9.18 Å². The van der Waals surface area contributed by atoms with Crippen molar-refractivity contribution in [1.82, 2.24) is 0 Å². The molecule has 1 heterocycles. The van der Waals surface area contributed by atoms with Gasteiger partial charge < -0.3 is 4.74 Å². The van der Waals surface area contributed by atoms with Crippen molar-refractivity contribution < 1.29 is 13.9 Å². The zero-order valence-electron chi connectivity index (χ0n) is 11.0. The highest BCUT2D eigenvalue weighted by molar-refractivity contribution is 6.42. The monoisotopic (exact) mass is 335 g/mol. The van der Waals surface area contributed by atoms with Crippen LogP contribution in [0.25, 0.3) is 6.08 Å². The Labute approximate surface area is 135 Å². The van der Waals surface area contributed by atoms with Crippen molar-refractivity contribution in [1.29, 1.82) is 0 Å². The largest absolute Gasteiger partial charge is 0.402 e. The Bertz CT molecular complexity index is 813. The van der Waals surface area contributed by atoms with Crippen LogP contribution in [0.2, 0.25) is 10.0 Å².